The minimum absolute atomic E-state index is 1.28. The maximum atomic E-state index is 3.36. The van der Waals surface area contributed by atoms with Gasteiger partial charge in [-0.15, -0.1) is 20.4 Å². The zero-order chi connectivity index (χ0) is 8.24. The lowest BCUT2D eigenvalue weighted by atomic mass is 11.0. The van der Waals surface area contributed by atoms with E-state index in [1.807, 2.05) is 27.7 Å². The first-order valence-electron chi connectivity index (χ1n) is 3.43. The average molecular weight is 142 g/mol. The zero-order valence-electron chi connectivity index (χ0n) is 6.94. The van der Waals surface area contributed by atoms with E-state index >= 15 is 0 Å². The fourth-order valence-electron chi connectivity index (χ4n) is 0.165. The van der Waals surface area contributed by atoms with Crippen LogP contribution in [0.3, 0.4) is 0 Å². The molecular weight excluding hydrogens is 128 g/mol. The van der Waals surface area contributed by atoms with Gasteiger partial charge in [0.25, 0.3) is 0 Å². The Morgan fingerprint density at radius 3 is 0.900 bits per heavy atom. The van der Waals surface area contributed by atoms with Crippen LogP contribution in [0.15, 0.2) is 12.7 Å². The molecule has 4 nitrogen and oxygen atoms in total. The summed E-state index contributed by atoms with van der Waals surface area (Å²) in [7, 11) is 0. The van der Waals surface area contributed by atoms with Crippen molar-refractivity contribution < 1.29 is 0 Å². The first-order chi connectivity index (χ1) is 5.00. The zero-order valence-corrected chi connectivity index (χ0v) is 6.94. The number of hydrogen-bond acceptors (Lipinski definition) is 4. The van der Waals surface area contributed by atoms with Crippen molar-refractivity contribution in [3.63, 3.8) is 0 Å². The lowest BCUT2D eigenvalue weighted by Crippen LogP contribution is -1.81. The van der Waals surface area contributed by atoms with Gasteiger partial charge in [0.1, 0.15) is 0 Å². The van der Waals surface area contributed by atoms with Crippen molar-refractivity contribution in [2.75, 3.05) is 0 Å². The van der Waals surface area contributed by atoms with Gasteiger partial charge in [-0.1, -0.05) is 27.7 Å². The van der Waals surface area contributed by atoms with Crippen molar-refractivity contribution in [2.24, 2.45) is 0 Å². The second-order valence-corrected chi connectivity index (χ2v) is 0.693. The highest BCUT2D eigenvalue weighted by Crippen LogP contribution is 1.50. The van der Waals surface area contributed by atoms with Gasteiger partial charge < -0.3 is 0 Å². The van der Waals surface area contributed by atoms with E-state index in [1.165, 1.54) is 12.7 Å². The highest BCUT2D eigenvalue weighted by Gasteiger charge is 1.61. The Bertz CT molecular complexity index is 81.7. The summed E-state index contributed by atoms with van der Waals surface area (Å²) in [6.45, 7) is 8.00. The Kier molecular flexibility index (Phi) is 18.3. The molecule has 0 bridgehead atoms. The summed E-state index contributed by atoms with van der Waals surface area (Å²) >= 11 is 0. The minimum Gasteiger partial charge on any atom is -0.135 e. The summed E-state index contributed by atoms with van der Waals surface area (Å²) in [5.74, 6) is 0. The summed E-state index contributed by atoms with van der Waals surface area (Å²) in [4.78, 5) is 0. The molecule has 0 radical (unpaired) electrons. The summed E-state index contributed by atoms with van der Waals surface area (Å²) in [5.41, 5.74) is 0. The maximum absolute atomic E-state index is 3.36. The molecule has 0 unspecified atom stereocenters. The average Bonchev–Trinajstić information content (AvgIpc) is 2.14. The molecule has 0 atom stereocenters. The van der Waals surface area contributed by atoms with Gasteiger partial charge in [0, 0.05) is 0 Å². The molecular formula is C6H14N4. The standard InChI is InChI=1S/C2H2N4.2C2H6/c1-3-5-2-6-4-1;2*1-2/h1-2H;2*1-2H3. The van der Waals surface area contributed by atoms with Gasteiger partial charge in [-0.05, 0) is 0 Å². The highest BCUT2D eigenvalue weighted by molar-refractivity contribution is 4.35. The Morgan fingerprint density at radius 2 is 0.800 bits per heavy atom. The fraction of sp³-hybridized carbons (Fsp3) is 0.667. The molecule has 0 spiro atoms. The smallest absolute Gasteiger partial charge is 0.135 e. The van der Waals surface area contributed by atoms with E-state index in [4.69, 9.17) is 0 Å². The second kappa shape index (κ2) is 15.7. The molecule has 0 aliphatic heterocycles. The molecule has 1 aromatic rings. The molecule has 0 aliphatic carbocycles. The van der Waals surface area contributed by atoms with Crippen LogP contribution in [0.4, 0.5) is 0 Å². The number of nitrogens with zero attached hydrogens (tertiary/aromatic N) is 4. The molecule has 0 saturated heterocycles. The Hall–Kier alpha value is -1.06. The van der Waals surface area contributed by atoms with Crippen molar-refractivity contribution in [2.45, 2.75) is 27.7 Å². The predicted molar refractivity (Wildman–Crippen MR) is 40.3 cm³/mol. The lowest BCUT2D eigenvalue weighted by Gasteiger charge is -1.68. The van der Waals surface area contributed by atoms with Crippen LogP contribution < -0.4 is 0 Å². The third kappa shape index (κ3) is 10.0. The van der Waals surface area contributed by atoms with Crippen LogP contribution in [0, 0.1) is 0 Å². The van der Waals surface area contributed by atoms with Gasteiger partial charge in [-0.25, -0.2) is 0 Å². The Balaban J connectivity index is 0. The molecule has 0 fully saturated rings. The van der Waals surface area contributed by atoms with Gasteiger partial charge in [-0.2, -0.15) is 0 Å². The number of rotatable bonds is 0. The van der Waals surface area contributed by atoms with Gasteiger partial charge in [0.15, 0.2) is 12.7 Å². The normalized spacial score (nSPS) is 6.00. The highest BCUT2D eigenvalue weighted by atomic mass is 15.2. The third-order valence-corrected chi connectivity index (χ3v) is 0.340. The summed E-state index contributed by atoms with van der Waals surface area (Å²) in [5, 5.41) is 13.4. The van der Waals surface area contributed by atoms with Crippen LogP contribution in [0.2, 0.25) is 0 Å². The van der Waals surface area contributed by atoms with E-state index in [0.29, 0.717) is 0 Å². The van der Waals surface area contributed by atoms with Crippen LogP contribution in [0.5, 0.6) is 0 Å². The molecule has 0 amide bonds. The van der Waals surface area contributed by atoms with Crippen molar-refractivity contribution >= 4 is 0 Å². The predicted octanol–water partition coefficient (Wildman–Crippen LogP) is 1.32. The van der Waals surface area contributed by atoms with E-state index in [9.17, 15) is 0 Å². The molecule has 0 saturated carbocycles. The molecule has 10 heavy (non-hydrogen) atoms. The van der Waals surface area contributed by atoms with Gasteiger partial charge in [0.05, 0.1) is 0 Å². The molecule has 58 valence electrons. The van der Waals surface area contributed by atoms with Crippen LogP contribution in [0.1, 0.15) is 27.7 Å². The molecule has 1 aromatic heterocycles. The van der Waals surface area contributed by atoms with Crippen LogP contribution >= 0.6 is 0 Å². The molecule has 0 N–H and O–H groups in total. The number of hydrogen-bond donors (Lipinski definition) is 0. The van der Waals surface area contributed by atoms with Crippen molar-refractivity contribution in [1.29, 1.82) is 0 Å². The summed E-state index contributed by atoms with van der Waals surface area (Å²) in [6, 6.07) is 0. The first kappa shape index (κ1) is 11.7. The van der Waals surface area contributed by atoms with Crippen LogP contribution in [-0.2, 0) is 0 Å². The topological polar surface area (TPSA) is 51.6 Å². The molecule has 4 heteroatoms. The summed E-state index contributed by atoms with van der Waals surface area (Å²) in [6.07, 6.45) is 2.56. The number of aromatic nitrogens is 4. The van der Waals surface area contributed by atoms with E-state index in [-0.39, 0.29) is 0 Å². The van der Waals surface area contributed by atoms with Crippen molar-refractivity contribution in [1.82, 2.24) is 20.4 Å². The Labute approximate surface area is 61.7 Å². The monoisotopic (exact) mass is 142 g/mol. The van der Waals surface area contributed by atoms with E-state index < -0.39 is 0 Å². The SMILES string of the molecule is CC.CC.c1nncnn1. The van der Waals surface area contributed by atoms with E-state index in [2.05, 4.69) is 20.4 Å². The van der Waals surface area contributed by atoms with Crippen molar-refractivity contribution in [3.05, 3.63) is 12.7 Å². The lowest BCUT2D eigenvalue weighted by molar-refractivity contribution is 0.853. The van der Waals surface area contributed by atoms with Crippen molar-refractivity contribution in [3.8, 4) is 0 Å². The van der Waals surface area contributed by atoms with E-state index in [1.54, 1.807) is 0 Å². The van der Waals surface area contributed by atoms with Gasteiger partial charge in [-0.3, -0.25) is 0 Å². The molecule has 1 heterocycles. The van der Waals surface area contributed by atoms with Gasteiger partial charge in [0.2, 0.25) is 0 Å². The third-order valence-electron chi connectivity index (χ3n) is 0.340. The second-order valence-electron chi connectivity index (χ2n) is 0.693. The maximum Gasteiger partial charge on any atom is 0.160 e. The summed E-state index contributed by atoms with van der Waals surface area (Å²) < 4.78 is 0. The molecule has 0 aliphatic rings. The van der Waals surface area contributed by atoms with Crippen LogP contribution in [-0.4, -0.2) is 20.4 Å². The van der Waals surface area contributed by atoms with Crippen LogP contribution in [0.25, 0.3) is 0 Å². The minimum atomic E-state index is 1.28. The largest absolute Gasteiger partial charge is 0.160 e. The van der Waals surface area contributed by atoms with Gasteiger partial charge >= 0.3 is 0 Å². The fourth-order valence-corrected chi connectivity index (χ4v) is 0.165. The quantitative estimate of drug-likeness (QED) is 0.548. The van der Waals surface area contributed by atoms with E-state index in [0.717, 1.165) is 0 Å². The molecule has 0 aromatic carbocycles. The molecule has 1 rings (SSSR count). The Morgan fingerprint density at radius 1 is 0.600 bits per heavy atom. The first-order valence-corrected chi connectivity index (χ1v) is 3.43.